The molecular weight excluding hydrogens is 228 g/mol. The van der Waals surface area contributed by atoms with Gasteiger partial charge in [0.15, 0.2) is 0 Å². The lowest BCUT2D eigenvalue weighted by molar-refractivity contribution is -0.136. The van der Waals surface area contributed by atoms with E-state index in [0.29, 0.717) is 0 Å². The summed E-state index contributed by atoms with van der Waals surface area (Å²) in [5, 5.41) is 11.0. The van der Waals surface area contributed by atoms with E-state index >= 15 is 0 Å². The first-order valence-corrected chi connectivity index (χ1v) is 5.69. The molecule has 0 amide bonds. The van der Waals surface area contributed by atoms with Gasteiger partial charge >= 0.3 is 5.97 Å². The molecule has 0 fully saturated rings. The number of fused-ring (bicyclic) bond motifs is 3. The molecular formula is C14H12N2O2. The number of pyridine rings is 1. The number of carboxylic acid groups (broad SMARTS) is 1. The SMILES string of the molecule is Cn1c2ccncc2c2ccc(CC(=O)O)cc21. The molecule has 1 N–H and O–H groups in total. The summed E-state index contributed by atoms with van der Waals surface area (Å²) < 4.78 is 2.07. The molecule has 0 saturated carbocycles. The van der Waals surface area contributed by atoms with Crippen LogP contribution in [-0.4, -0.2) is 20.6 Å². The van der Waals surface area contributed by atoms with E-state index in [0.717, 1.165) is 27.4 Å². The number of nitrogens with zero attached hydrogens (tertiary/aromatic N) is 2. The predicted octanol–water partition coefficient (Wildman–Crippen LogP) is 2.35. The van der Waals surface area contributed by atoms with E-state index in [9.17, 15) is 4.79 Å². The van der Waals surface area contributed by atoms with Crippen LogP contribution in [0.15, 0.2) is 36.7 Å². The molecule has 2 aromatic heterocycles. The summed E-state index contributed by atoms with van der Waals surface area (Å²) in [5.41, 5.74) is 2.96. The normalized spacial score (nSPS) is 11.2. The summed E-state index contributed by atoms with van der Waals surface area (Å²) >= 11 is 0. The van der Waals surface area contributed by atoms with Gasteiger partial charge in [-0.25, -0.2) is 0 Å². The minimum absolute atomic E-state index is 0.0513. The summed E-state index contributed by atoms with van der Waals surface area (Å²) in [7, 11) is 1.98. The molecule has 2 heterocycles. The van der Waals surface area contributed by atoms with Crippen LogP contribution in [0.5, 0.6) is 0 Å². The summed E-state index contributed by atoms with van der Waals surface area (Å²) in [6.45, 7) is 0. The lowest BCUT2D eigenvalue weighted by atomic mass is 10.1. The van der Waals surface area contributed by atoms with Crippen molar-refractivity contribution in [3.8, 4) is 0 Å². The first-order valence-electron chi connectivity index (χ1n) is 5.69. The number of carboxylic acids is 1. The number of aromatic nitrogens is 2. The Bertz CT molecular complexity index is 759. The molecule has 3 aromatic rings. The standard InChI is InChI=1S/C14H12N2O2/c1-16-12-4-5-15-8-11(12)10-3-2-9(6-13(10)16)7-14(17)18/h2-6,8H,7H2,1H3,(H,17,18). The second-order valence-corrected chi connectivity index (χ2v) is 4.37. The molecule has 0 aliphatic carbocycles. The zero-order valence-electron chi connectivity index (χ0n) is 9.92. The van der Waals surface area contributed by atoms with Crippen molar-refractivity contribution in [1.82, 2.24) is 9.55 Å². The van der Waals surface area contributed by atoms with Crippen molar-refractivity contribution in [3.05, 3.63) is 42.2 Å². The van der Waals surface area contributed by atoms with Gasteiger partial charge in [0.1, 0.15) is 0 Å². The fourth-order valence-electron chi connectivity index (χ4n) is 2.38. The highest BCUT2D eigenvalue weighted by atomic mass is 16.4. The highest BCUT2D eigenvalue weighted by Gasteiger charge is 2.09. The van der Waals surface area contributed by atoms with Crippen LogP contribution in [0.4, 0.5) is 0 Å². The van der Waals surface area contributed by atoms with Crippen LogP contribution in [-0.2, 0) is 18.3 Å². The highest BCUT2D eigenvalue weighted by Crippen LogP contribution is 2.27. The van der Waals surface area contributed by atoms with Gasteiger partial charge in [0.05, 0.1) is 11.9 Å². The second kappa shape index (κ2) is 3.84. The van der Waals surface area contributed by atoms with E-state index in [1.807, 2.05) is 37.5 Å². The number of aryl methyl sites for hydroxylation is 1. The number of hydrogen-bond acceptors (Lipinski definition) is 2. The first kappa shape index (κ1) is 10.8. The third-order valence-electron chi connectivity index (χ3n) is 3.23. The van der Waals surface area contributed by atoms with Crippen molar-refractivity contribution in [1.29, 1.82) is 0 Å². The maximum atomic E-state index is 10.7. The van der Waals surface area contributed by atoms with Crippen LogP contribution in [0.3, 0.4) is 0 Å². The number of benzene rings is 1. The number of aliphatic carboxylic acids is 1. The monoisotopic (exact) mass is 240 g/mol. The molecule has 0 spiro atoms. The van der Waals surface area contributed by atoms with Gasteiger partial charge in [-0.05, 0) is 17.7 Å². The predicted molar refractivity (Wildman–Crippen MR) is 69.6 cm³/mol. The van der Waals surface area contributed by atoms with Crippen molar-refractivity contribution in [3.63, 3.8) is 0 Å². The summed E-state index contributed by atoms with van der Waals surface area (Å²) in [4.78, 5) is 14.9. The molecule has 0 atom stereocenters. The summed E-state index contributed by atoms with van der Waals surface area (Å²) in [6, 6.07) is 7.73. The van der Waals surface area contributed by atoms with E-state index in [2.05, 4.69) is 9.55 Å². The molecule has 18 heavy (non-hydrogen) atoms. The maximum absolute atomic E-state index is 10.7. The lowest BCUT2D eigenvalue weighted by Gasteiger charge is -2.00. The average Bonchev–Trinajstić information content (AvgIpc) is 2.63. The second-order valence-electron chi connectivity index (χ2n) is 4.37. The number of rotatable bonds is 2. The van der Waals surface area contributed by atoms with E-state index in [1.165, 1.54) is 0 Å². The molecule has 1 aromatic carbocycles. The van der Waals surface area contributed by atoms with Gasteiger partial charge in [-0.15, -0.1) is 0 Å². The Morgan fingerprint density at radius 3 is 2.89 bits per heavy atom. The van der Waals surface area contributed by atoms with Crippen LogP contribution >= 0.6 is 0 Å². The Morgan fingerprint density at radius 2 is 2.11 bits per heavy atom. The van der Waals surface area contributed by atoms with Crippen molar-refractivity contribution in [2.24, 2.45) is 7.05 Å². The Labute approximate surface area is 103 Å². The van der Waals surface area contributed by atoms with E-state index in [4.69, 9.17) is 5.11 Å². The molecule has 0 aliphatic rings. The summed E-state index contributed by atoms with van der Waals surface area (Å²) in [6.07, 6.45) is 3.66. The molecule has 0 saturated heterocycles. The van der Waals surface area contributed by atoms with Crippen LogP contribution in [0.1, 0.15) is 5.56 Å². The van der Waals surface area contributed by atoms with Crippen LogP contribution in [0.25, 0.3) is 21.8 Å². The maximum Gasteiger partial charge on any atom is 0.307 e. The van der Waals surface area contributed by atoms with Gasteiger partial charge in [0, 0.05) is 35.7 Å². The van der Waals surface area contributed by atoms with Gasteiger partial charge in [0.25, 0.3) is 0 Å². The Balaban J connectivity index is 2.31. The van der Waals surface area contributed by atoms with Crippen LogP contribution in [0, 0.1) is 0 Å². The third kappa shape index (κ3) is 1.54. The molecule has 3 rings (SSSR count). The smallest absolute Gasteiger partial charge is 0.307 e. The number of carbonyl (C=O) groups is 1. The molecule has 0 unspecified atom stereocenters. The molecule has 90 valence electrons. The topological polar surface area (TPSA) is 55.1 Å². The highest BCUT2D eigenvalue weighted by molar-refractivity contribution is 6.07. The fraction of sp³-hybridized carbons (Fsp3) is 0.143. The Hall–Kier alpha value is -2.36. The quantitative estimate of drug-likeness (QED) is 0.748. The average molecular weight is 240 g/mol. The largest absolute Gasteiger partial charge is 0.481 e. The van der Waals surface area contributed by atoms with Crippen molar-refractivity contribution >= 4 is 27.8 Å². The molecule has 4 heteroatoms. The van der Waals surface area contributed by atoms with Gasteiger partial charge in [-0.1, -0.05) is 12.1 Å². The van der Waals surface area contributed by atoms with Gasteiger partial charge < -0.3 is 9.67 Å². The van der Waals surface area contributed by atoms with E-state index in [1.54, 1.807) is 6.20 Å². The molecule has 0 bridgehead atoms. The zero-order valence-corrected chi connectivity index (χ0v) is 9.92. The van der Waals surface area contributed by atoms with Crippen molar-refractivity contribution in [2.45, 2.75) is 6.42 Å². The third-order valence-corrected chi connectivity index (χ3v) is 3.23. The summed E-state index contributed by atoms with van der Waals surface area (Å²) in [5.74, 6) is -0.810. The van der Waals surface area contributed by atoms with E-state index < -0.39 is 5.97 Å². The van der Waals surface area contributed by atoms with Gasteiger partial charge in [-0.2, -0.15) is 0 Å². The van der Waals surface area contributed by atoms with E-state index in [-0.39, 0.29) is 6.42 Å². The lowest BCUT2D eigenvalue weighted by Crippen LogP contribution is -1.99. The minimum Gasteiger partial charge on any atom is -0.481 e. The first-order chi connectivity index (χ1) is 8.66. The molecule has 0 aliphatic heterocycles. The molecule has 4 nitrogen and oxygen atoms in total. The fourth-order valence-corrected chi connectivity index (χ4v) is 2.38. The Kier molecular flexibility index (Phi) is 2.30. The number of hydrogen-bond donors (Lipinski definition) is 1. The van der Waals surface area contributed by atoms with Crippen LogP contribution < -0.4 is 0 Å². The van der Waals surface area contributed by atoms with Crippen molar-refractivity contribution in [2.75, 3.05) is 0 Å². The van der Waals surface area contributed by atoms with Gasteiger partial charge in [0.2, 0.25) is 0 Å². The van der Waals surface area contributed by atoms with Crippen LogP contribution in [0.2, 0.25) is 0 Å². The molecule has 0 radical (unpaired) electrons. The minimum atomic E-state index is -0.810. The zero-order chi connectivity index (χ0) is 12.7. The van der Waals surface area contributed by atoms with Crippen molar-refractivity contribution < 1.29 is 9.90 Å². The van der Waals surface area contributed by atoms with Gasteiger partial charge in [-0.3, -0.25) is 9.78 Å². The Morgan fingerprint density at radius 1 is 1.28 bits per heavy atom.